The number of H-pyrrole nitrogens is 1. The number of aromatic nitrogens is 3. The van der Waals surface area contributed by atoms with Gasteiger partial charge in [-0.2, -0.15) is 4.98 Å². The second kappa shape index (κ2) is 6.67. The maximum atomic E-state index is 6.44. The van der Waals surface area contributed by atoms with Crippen LogP contribution < -0.4 is 9.47 Å². The topological polar surface area (TPSA) is 78.5 Å². The molecule has 2 aliphatic heterocycles. The molecule has 0 aliphatic carbocycles. The molecule has 0 bridgehead atoms. The highest BCUT2D eigenvalue weighted by Gasteiger charge is 2.43. The van der Waals surface area contributed by atoms with Crippen LogP contribution in [0.15, 0.2) is 30.3 Å². The van der Waals surface area contributed by atoms with Crippen LogP contribution in [0, 0.1) is 0 Å². The zero-order valence-corrected chi connectivity index (χ0v) is 15.4. The Balaban J connectivity index is 1.43. The number of imidazole rings is 1. The molecule has 4 heterocycles. The Morgan fingerprint density at radius 1 is 1.19 bits per heavy atom. The maximum absolute atomic E-state index is 6.44. The molecule has 140 valence electrons. The molecule has 5 rings (SSSR count). The Morgan fingerprint density at radius 3 is 2.85 bits per heavy atom. The van der Waals surface area contributed by atoms with Gasteiger partial charge in [0.25, 0.3) is 6.01 Å². The van der Waals surface area contributed by atoms with Crippen LogP contribution in [0.25, 0.3) is 22.4 Å². The summed E-state index contributed by atoms with van der Waals surface area (Å²) in [6.45, 7) is 1.20. The van der Waals surface area contributed by atoms with E-state index in [1.807, 2.05) is 30.3 Å². The van der Waals surface area contributed by atoms with Crippen LogP contribution in [0.5, 0.6) is 11.8 Å². The van der Waals surface area contributed by atoms with Crippen molar-refractivity contribution >= 4 is 22.8 Å². The van der Waals surface area contributed by atoms with E-state index in [0.29, 0.717) is 35.6 Å². The number of methoxy groups -OCH3 is 1. The lowest BCUT2D eigenvalue weighted by molar-refractivity contribution is 0.0273. The molecule has 1 N–H and O–H groups in total. The number of rotatable bonds is 4. The molecule has 27 heavy (non-hydrogen) atoms. The van der Waals surface area contributed by atoms with Gasteiger partial charge in [0.05, 0.1) is 36.1 Å². The van der Waals surface area contributed by atoms with E-state index in [1.54, 1.807) is 7.11 Å². The molecular formula is C19H18ClN3O4. The Kier molecular flexibility index (Phi) is 4.15. The smallest absolute Gasteiger partial charge is 0.296 e. The molecule has 3 aromatic rings. The number of ether oxygens (including phenoxy) is 4. The zero-order chi connectivity index (χ0) is 18.4. The number of benzene rings is 1. The van der Waals surface area contributed by atoms with E-state index in [-0.39, 0.29) is 18.3 Å². The molecule has 1 aromatic carbocycles. The summed E-state index contributed by atoms with van der Waals surface area (Å²) in [7, 11) is 1.63. The van der Waals surface area contributed by atoms with Crippen molar-refractivity contribution in [3.05, 3.63) is 35.4 Å². The van der Waals surface area contributed by atoms with Crippen molar-refractivity contribution < 1.29 is 18.9 Å². The summed E-state index contributed by atoms with van der Waals surface area (Å²) in [5, 5.41) is 0.534. The predicted octanol–water partition coefficient (Wildman–Crippen LogP) is 3.22. The Hall–Kier alpha value is -2.35. The minimum Gasteiger partial charge on any atom is -0.497 e. The number of aromatic amines is 1. The molecule has 0 saturated carbocycles. The predicted molar refractivity (Wildman–Crippen MR) is 99.4 cm³/mol. The van der Waals surface area contributed by atoms with Crippen molar-refractivity contribution in [2.24, 2.45) is 0 Å². The fraction of sp³-hybridized carbons (Fsp3) is 0.368. The number of nitrogens with one attached hydrogen (secondary N) is 1. The van der Waals surface area contributed by atoms with Gasteiger partial charge in [0.15, 0.2) is 11.8 Å². The molecule has 2 aromatic heterocycles. The van der Waals surface area contributed by atoms with Crippen molar-refractivity contribution in [1.82, 2.24) is 15.0 Å². The highest BCUT2D eigenvalue weighted by molar-refractivity contribution is 6.33. The first-order valence-electron chi connectivity index (χ1n) is 8.82. The SMILES string of the molecule is COc1ccc(-c2nc3nc(OC4CO[C@@H]5CCO[C@H]45)[nH]c3cc2Cl)cc1. The zero-order valence-electron chi connectivity index (χ0n) is 14.6. The van der Waals surface area contributed by atoms with Crippen molar-refractivity contribution in [3.8, 4) is 23.0 Å². The minimum absolute atomic E-state index is 0.0374. The molecule has 0 amide bonds. The lowest BCUT2D eigenvalue weighted by atomic mass is 10.1. The second-order valence-corrected chi connectivity index (χ2v) is 7.02. The van der Waals surface area contributed by atoms with E-state index in [1.165, 1.54) is 0 Å². The van der Waals surface area contributed by atoms with Gasteiger partial charge in [-0.3, -0.25) is 0 Å². The van der Waals surface area contributed by atoms with E-state index >= 15 is 0 Å². The minimum atomic E-state index is -0.172. The summed E-state index contributed by atoms with van der Waals surface area (Å²) in [6, 6.07) is 9.77. The van der Waals surface area contributed by atoms with Crippen molar-refractivity contribution in [3.63, 3.8) is 0 Å². The summed E-state index contributed by atoms with van der Waals surface area (Å²) >= 11 is 6.44. The first-order valence-corrected chi connectivity index (χ1v) is 9.19. The van der Waals surface area contributed by atoms with Gasteiger partial charge in [-0.15, -0.1) is 0 Å². The summed E-state index contributed by atoms with van der Waals surface area (Å²) in [5.74, 6) is 0.776. The van der Waals surface area contributed by atoms with Gasteiger partial charge in [-0.05, 0) is 36.8 Å². The number of hydrogen-bond donors (Lipinski definition) is 1. The molecule has 7 nitrogen and oxygen atoms in total. The van der Waals surface area contributed by atoms with Crippen LogP contribution in [0.2, 0.25) is 5.02 Å². The third kappa shape index (κ3) is 3.01. The van der Waals surface area contributed by atoms with Crippen molar-refractivity contribution in [1.29, 1.82) is 0 Å². The Morgan fingerprint density at radius 2 is 2.04 bits per heavy atom. The molecule has 8 heteroatoms. The third-order valence-electron chi connectivity index (χ3n) is 4.95. The van der Waals surface area contributed by atoms with Crippen LogP contribution in [0.3, 0.4) is 0 Å². The van der Waals surface area contributed by atoms with Crippen LogP contribution in [0.4, 0.5) is 0 Å². The van der Waals surface area contributed by atoms with E-state index in [9.17, 15) is 0 Å². The van der Waals surface area contributed by atoms with Crippen molar-refractivity contribution in [2.45, 2.75) is 24.7 Å². The molecule has 0 radical (unpaired) electrons. The molecule has 0 spiro atoms. The fourth-order valence-corrected chi connectivity index (χ4v) is 3.84. The van der Waals surface area contributed by atoms with Crippen LogP contribution in [-0.4, -0.2) is 53.6 Å². The van der Waals surface area contributed by atoms with Gasteiger partial charge in [0.1, 0.15) is 11.9 Å². The lowest BCUT2D eigenvalue weighted by Gasteiger charge is -2.15. The molecular weight excluding hydrogens is 370 g/mol. The van der Waals surface area contributed by atoms with Gasteiger partial charge in [0.2, 0.25) is 0 Å². The highest BCUT2D eigenvalue weighted by atomic mass is 35.5. The number of fused-ring (bicyclic) bond motifs is 2. The average Bonchev–Trinajstić information content (AvgIpc) is 3.38. The standard InChI is InChI=1S/C19H18ClN3O4/c1-24-11-4-2-10(3-5-11)16-12(20)8-13-18(22-16)23-19(21-13)27-15-9-26-14-6-7-25-17(14)15/h2-5,8,14-15,17H,6-7,9H2,1H3,(H,21,22,23)/t14-,15?,17+/m1/s1. The van der Waals surface area contributed by atoms with E-state index in [2.05, 4.69) is 15.0 Å². The highest BCUT2D eigenvalue weighted by Crippen LogP contribution is 2.32. The van der Waals surface area contributed by atoms with E-state index in [0.717, 1.165) is 23.3 Å². The number of hydrogen-bond acceptors (Lipinski definition) is 6. The molecule has 2 saturated heterocycles. The number of halogens is 1. The lowest BCUT2D eigenvalue weighted by Crippen LogP contribution is -2.32. The average molecular weight is 388 g/mol. The molecule has 3 atom stereocenters. The summed E-state index contributed by atoms with van der Waals surface area (Å²) in [6.07, 6.45) is 0.820. The van der Waals surface area contributed by atoms with Crippen LogP contribution in [-0.2, 0) is 9.47 Å². The van der Waals surface area contributed by atoms with Crippen LogP contribution in [0.1, 0.15) is 6.42 Å². The monoisotopic (exact) mass is 387 g/mol. The Labute approximate surface area is 160 Å². The van der Waals surface area contributed by atoms with Gasteiger partial charge >= 0.3 is 0 Å². The van der Waals surface area contributed by atoms with Crippen molar-refractivity contribution in [2.75, 3.05) is 20.3 Å². The second-order valence-electron chi connectivity index (χ2n) is 6.61. The molecule has 2 aliphatic rings. The Bertz CT molecular complexity index is 975. The van der Waals surface area contributed by atoms with Gasteiger partial charge < -0.3 is 23.9 Å². The summed E-state index contributed by atoms with van der Waals surface area (Å²) in [5.41, 5.74) is 2.81. The quantitative estimate of drug-likeness (QED) is 0.740. The van der Waals surface area contributed by atoms with Crippen LogP contribution >= 0.6 is 11.6 Å². The van der Waals surface area contributed by atoms with E-state index in [4.69, 9.17) is 30.5 Å². The van der Waals surface area contributed by atoms with Gasteiger partial charge in [-0.1, -0.05) is 11.6 Å². The largest absolute Gasteiger partial charge is 0.497 e. The first-order chi connectivity index (χ1) is 13.2. The normalized spacial score (nSPS) is 24.3. The van der Waals surface area contributed by atoms with Gasteiger partial charge in [0, 0.05) is 12.2 Å². The fourth-order valence-electron chi connectivity index (χ4n) is 3.58. The third-order valence-corrected chi connectivity index (χ3v) is 5.24. The first kappa shape index (κ1) is 16.8. The molecule has 1 unspecified atom stereocenters. The number of nitrogens with zero attached hydrogens (tertiary/aromatic N) is 2. The number of pyridine rings is 1. The maximum Gasteiger partial charge on any atom is 0.296 e. The summed E-state index contributed by atoms with van der Waals surface area (Å²) in [4.78, 5) is 12.2. The summed E-state index contributed by atoms with van der Waals surface area (Å²) < 4.78 is 22.6. The molecule has 2 fully saturated rings. The van der Waals surface area contributed by atoms with E-state index < -0.39 is 0 Å². The van der Waals surface area contributed by atoms with Gasteiger partial charge in [-0.25, -0.2) is 4.98 Å².